The molecule has 1 aromatic carbocycles. The van der Waals surface area contributed by atoms with Crippen LogP contribution in [-0.2, 0) is 10.5 Å². The molecule has 3 rings (SSSR count). The standard InChI is InChI=1S/C19H22N6O2S/c1-13-11-14(2)22-19(21-13)28-12-16-17(18(26)20-9-10-27-3)23-24-25(16)15-7-5-4-6-8-15/h4-8,11H,9-10,12H2,1-3H3,(H,20,26). The van der Waals surface area contributed by atoms with Gasteiger partial charge in [-0.05, 0) is 32.0 Å². The van der Waals surface area contributed by atoms with Crippen molar-refractivity contribution in [1.29, 1.82) is 0 Å². The summed E-state index contributed by atoms with van der Waals surface area (Å²) in [5.74, 6) is 0.175. The number of thioether (sulfide) groups is 1. The van der Waals surface area contributed by atoms with E-state index in [1.165, 1.54) is 11.8 Å². The molecule has 0 unspecified atom stereocenters. The number of ether oxygens (including phenoxy) is 1. The lowest BCUT2D eigenvalue weighted by Crippen LogP contribution is -2.28. The number of aryl methyl sites for hydroxylation is 2. The third kappa shape index (κ3) is 4.93. The molecule has 0 saturated heterocycles. The Morgan fingerprint density at radius 3 is 2.57 bits per heavy atom. The van der Waals surface area contributed by atoms with Crippen LogP contribution < -0.4 is 5.32 Å². The molecule has 1 amide bonds. The average molecular weight is 398 g/mol. The van der Waals surface area contributed by atoms with Crippen LogP contribution >= 0.6 is 11.8 Å². The zero-order valence-electron chi connectivity index (χ0n) is 16.0. The highest BCUT2D eigenvalue weighted by Gasteiger charge is 2.21. The van der Waals surface area contributed by atoms with Gasteiger partial charge in [0.1, 0.15) is 0 Å². The van der Waals surface area contributed by atoms with Gasteiger partial charge in [-0.1, -0.05) is 35.2 Å². The Morgan fingerprint density at radius 1 is 1.18 bits per heavy atom. The van der Waals surface area contributed by atoms with Crippen molar-refractivity contribution < 1.29 is 9.53 Å². The van der Waals surface area contributed by atoms with Crippen LogP contribution in [0.1, 0.15) is 27.6 Å². The second kappa shape index (κ2) is 9.43. The quantitative estimate of drug-likeness (QED) is 0.353. The summed E-state index contributed by atoms with van der Waals surface area (Å²) in [5.41, 5.74) is 3.62. The number of benzene rings is 1. The minimum Gasteiger partial charge on any atom is -0.383 e. The number of carbonyl (C=O) groups excluding carboxylic acids is 1. The molecule has 0 aliphatic heterocycles. The van der Waals surface area contributed by atoms with Gasteiger partial charge in [-0.15, -0.1) is 5.10 Å². The van der Waals surface area contributed by atoms with Crippen LogP contribution in [0, 0.1) is 13.8 Å². The van der Waals surface area contributed by atoms with Gasteiger partial charge in [0.25, 0.3) is 5.91 Å². The van der Waals surface area contributed by atoms with E-state index < -0.39 is 0 Å². The Kier molecular flexibility index (Phi) is 6.72. The van der Waals surface area contributed by atoms with Crippen LogP contribution in [0.25, 0.3) is 5.69 Å². The molecule has 146 valence electrons. The lowest BCUT2D eigenvalue weighted by molar-refractivity contribution is 0.0931. The Hall–Kier alpha value is -2.78. The van der Waals surface area contributed by atoms with Gasteiger partial charge < -0.3 is 10.1 Å². The fourth-order valence-electron chi connectivity index (χ4n) is 2.63. The number of carbonyl (C=O) groups is 1. The summed E-state index contributed by atoms with van der Waals surface area (Å²) in [6.45, 7) is 4.70. The van der Waals surface area contributed by atoms with Crippen molar-refractivity contribution in [3.05, 3.63) is 59.2 Å². The van der Waals surface area contributed by atoms with Gasteiger partial charge in [-0.2, -0.15) is 0 Å². The molecule has 0 radical (unpaired) electrons. The summed E-state index contributed by atoms with van der Waals surface area (Å²) in [7, 11) is 1.59. The van der Waals surface area contributed by atoms with Crippen molar-refractivity contribution in [2.75, 3.05) is 20.3 Å². The van der Waals surface area contributed by atoms with Gasteiger partial charge in [0.15, 0.2) is 10.9 Å². The number of nitrogens with zero attached hydrogens (tertiary/aromatic N) is 5. The maximum atomic E-state index is 12.6. The van der Waals surface area contributed by atoms with Crippen LogP contribution in [0.3, 0.4) is 0 Å². The van der Waals surface area contributed by atoms with E-state index in [1.54, 1.807) is 11.8 Å². The highest BCUT2D eigenvalue weighted by atomic mass is 32.2. The summed E-state index contributed by atoms with van der Waals surface area (Å²) in [4.78, 5) is 21.5. The smallest absolute Gasteiger partial charge is 0.273 e. The molecule has 1 N–H and O–H groups in total. The van der Waals surface area contributed by atoms with Gasteiger partial charge in [0, 0.05) is 30.8 Å². The van der Waals surface area contributed by atoms with Crippen molar-refractivity contribution in [3.63, 3.8) is 0 Å². The van der Waals surface area contributed by atoms with E-state index in [0.29, 0.717) is 29.8 Å². The third-order valence-electron chi connectivity index (χ3n) is 3.87. The minimum absolute atomic E-state index is 0.281. The van der Waals surface area contributed by atoms with Crippen molar-refractivity contribution in [2.45, 2.75) is 24.8 Å². The van der Waals surface area contributed by atoms with Crippen molar-refractivity contribution in [3.8, 4) is 5.69 Å². The monoisotopic (exact) mass is 398 g/mol. The predicted molar refractivity (Wildman–Crippen MR) is 107 cm³/mol. The van der Waals surface area contributed by atoms with E-state index in [2.05, 4.69) is 25.6 Å². The Morgan fingerprint density at radius 2 is 1.89 bits per heavy atom. The number of amides is 1. The van der Waals surface area contributed by atoms with Gasteiger partial charge in [-0.25, -0.2) is 14.6 Å². The van der Waals surface area contributed by atoms with E-state index in [4.69, 9.17) is 4.74 Å². The first-order valence-electron chi connectivity index (χ1n) is 8.80. The first-order valence-corrected chi connectivity index (χ1v) is 9.79. The summed E-state index contributed by atoms with van der Waals surface area (Å²) in [5, 5.41) is 11.8. The molecule has 28 heavy (non-hydrogen) atoms. The number of rotatable bonds is 8. The summed E-state index contributed by atoms with van der Waals surface area (Å²) in [6.07, 6.45) is 0. The fourth-order valence-corrected chi connectivity index (χ4v) is 3.57. The molecule has 0 fully saturated rings. The number of methoxy groups -OCH3 is 1. The maximum absolute atomic E-state index is 12.6. The highest BCUT2D eigenvalue weighted by molar-refractivity contribution is 7.98. The molecule has 0 spiro atoms. The van der Waals surface area contributed by atoms with E-state index >= 15 is 0 Å². The Balaban J connectivity index is 1.88. The Labute approximate surface area is 167 Å². The zero-order valence-corrected chi connectivity index (χ0v) is 16.9. The van der Waals surface area contributed by atoms with Crippen LogP contribution in [0.15, 0.2) is 41.6 Å². The predicted octanol–water partition coefficient (Wildman–Crippen LogP) is 2.34. The molecular weight excluding hydrogens is 376 g/mol. The summed E-state index contributed by atoms with van der Waals surface area (Å²) < 4.78 is 6.67. The summed E-state index contributed by atoms with van der Waals surface area (Å²) in [6, 6.07) is 11.5. The van der Waals surface area contributed by atoms with Crippen molar-refractivity contribution >= 4 is 17.7 Å². The minimum atomic E-state index is -0.281. The number of hydrogen-bond donors (Lipinski definition) is 1. The molecule has 0 bridgehead atoms. The topological polar surface area (TPSA) is 94.8 Å². The second-order valence-corrected chi connectivity index (χ2v) is 7.05. The number of nitrogens with one attached hydrogen (secondary N) is 1. The fraction of sp³-hybridized carbons (Fsp3) is 0.316. The number of para-hydroxylation sites is 1. The lowest BCUT2D eigenvalue weighted by atomic mass is 10.3. The molecule has 2 aromatic heterocycles. The lowest BCUT2D eigenvalue weighted by Gasteiger charge is -2.09. The second-order valence-electron chi connectivity index (χ2n) is 6.10. The molecule has 0 aliphatic rings. The molecule has 0 saturated carbocycles. The third-order valence-corrected chi connectivity index (χ3v) is 4.73. The maximum Gasteiger partial charge on any atom is 0.273 e. The number of hydrogen-bond acceptors (Lipinski definition) is 7. The first-order chi connectivity index (χ1) is 13.6. The SMILES string of the molecule is COCCNC(=O)c1nnn(-c2ccccc2)c1CSc1nc(C)cc(C)n1. The normalized spacial score (nSPS) is 10.8. The molecular formula is C19H22N6O2S. The molecule has 0 aliphatic carbocycles. The molecule has 9 heteroatoms. The van der Waals surface area contributed by atoms with Crippen LogP contribution in [0.5, 0.6) is 0 Å². The van der Waals surface area contributed by atoms with Gasteiger partial charge in [0.05, 0.1) is 18.0 Å². The molecule has 0 atom stereocenters. The highest BCUT2D eigenvalue weighted by Crippen LogP contribution is 2.23. The van der Waals surface area contributed by atoms with E-state index in [0.717, 1.165) is 17.1 Å². The first kappa shape index (κ1) is 20.0. The van der Waals surface area contributed by atoms with Crippen molar-refractivity contribution in [1.82, 2.24) is 30.3 Å². The Bertz CT molecular complexity index is 925. The van der Waals surface area contributed by atoms with Crippen molar-refractivity contribution in [2.24, 2.45) is 0 Å². The number of aromatic nitrogens is 5. The summed E-state index contributed by atoms with van der Waals surface area (Å²) >= 11 is 1.45. The van der Waals surface area contributed by atoms with E-state index in [1.807, 2.05) is 50.2 Å². The average Bonchev–Trinajstić information content (AvgIpc) is 3.10. The van der Waals surface area contributed by atoms with Crippen LogP contribution in [0.4, 0.5) is 0 Å². The zero-order chi connectivity index (χ0) is 19.9. The van der Waals surface area contributed by atoms with Crippen LogP contribution in [-0.4, -0.2) is 51.1 Å². The van der Waals surface area contributed by atoms with Gasteiger partial charge in [-0.3, -0.25) is 4.79 Å². The molecule has 8 nitrogen and oxygen atoms in total. The van der Waals surface area contributed by atoms with E-state index in [9.17, 15) is 4.79 Å². The largest absolute Gasteiger partial charge is 0.383 e. The van der Waals surface area contributed by atoms with Gasteiger partial charge in [0.2, 0.25) is 0 Å². The molecule has 2 heterocycles. The van der Waals surface area contributed by atoms with Gasteiger partial charge >= 0.3 is 0 Å². The van der Waals surface area contributed by atoms with E-state index in [-0.39, 0.29) is 11.6 Å². The molecule has 3 aromatic rings. The van der Waals surface area contributed by atoms with Crippen LogP contribution in [0.2, 0.25) is 0 Å².